The van der Waals surface area contributed by atoms with Crippen LogP contribution in [0.25, 0.3) is 0 Å². The number of aliphatic hydroxyl groups is 1. The van der Waals surface area contributed by atoms with Gasteiger partial charge in [0.2, 0.25) is 47.3 Å². The maximum absolute atomic E-state index is 14.1. The maximum atomic E-state index is 14.1. The standard InChI is InChI=1S/C36H57N8O13P/c1-18(2)16-26(41-33(50)25(39-21(6)46)17-22-9-11-23(12-10-22)57-58(54,55)56)36(53)44-15-7-8-27(44)34(51)40-24(13-14-28(37)47)32(49)43-30(20(5)45)35(52)42-29(19(3)4)31(38)48/h9-12,18-20,24-27,29-30,45H,7-8,13-17H2,1-6H3,(H2,37,47)(H2,38,48)(H,39,46)(H,40,51)(H,41,50)(H,42,52)(H,43,49)(H2,54,55,56)/t20?,24-,25-,26-,27-,29-,30-/m0/s1. The molecule has 7 atom stereocenters. The van der Waals surface area contributed by atoms with Gasteiger partial charge in [0, 0.05) is 26.3 Å². The molecule has 1 aliphatic heterocycles. The van der Waals surface area contributed by atoms with Crippen molar-refractivity contribution in [2.24, 2.45) is 23.3 Å². The summed E-state index contributed by atoms with van der Waals surface area (Å²) >= 11 is 0. The highest BCUT2D eigenvalue weighted by Crippen LogP contribution is 2.37. The summed E-state index contributed by atoms with van der Waals surface area (Å²) in [6, 6.07) is -2.22. The molecule has 1 aliphatic rings. The predicted octanol–water partition coefficient (Wildman–Crippen LogP) is -2.03. The van der Waals surface area contributed by atoms with E-state index in [1.807, 2.05) is 13.8 Å². The molecule has 21 nitrogen and oxygen atoms in total. The summed E-state index contributed by atoms with van der Waals surface area (Å²) in [4.78, 5) is 123. The molecule has 0 aromatic heterocycles. The van der Waals surface area contributed by atoms with Crippen molar-refractivity contribution in [2.75, 3.05) is 6.54 Å². The van der Waals surface area contributed by atoms with Gasteiger partial charge in [-0.3, -0.25) is 48.1 Å². The minimum absolute atomic E-state index is 0.0747. The topological polar surface area (TPSA) is 339 Å². The quantitative estimate of drug-likeness (QED) is 0.0564. The van der Waals surface area contributed by atoms with Crippen LogP contribution in [0.2, 0.25) is 0 Å². The fraction of sp³-hybridized carbons (Fsp3) is 0.611. The fourth-order valence-electron chi connectivity index (χ4n) is 6.27. The number of rotatable bonds is 22. The van der Waals surface area contributed by atoms with E-state index in [0.717, 1.165) is 0 Å². The zero-order chi connectivity index (χ0) is 44.1. The number of nitrogens with zero attached hydrogens (tertiary/aromatic N) is 1. The lowest BCUT2D eigenvalue weighted by Gasteiger charge is -2.31. The van der Waals surface area contributed by atoms with E-state index < -0.39 is 103 Å². The Hall–Kier alpha value is -5.11. The van der Waals surface area contributed by atoms with Gasteiger partial charge in [0.1, 0.15) is 42.0 Å². The maximum Gasteiger partial charge on any atom is 0.524 e. The Labute approximate surface area is 336 Å². The average Bonchev–Trinajstić information content (AvgIpc) is 3.59. The first-order chi connectivity index (χ1) is 26.9. The molecule has 0 bridgehead atoms. The van der Waals surface area contributed by atoms with Crippen LogP contribution < -0.4 is 42.6 Å². The van der Waals surface area contributed by atoms with Gasteiger partial charge in [-0.25, -0.2) is 4.57 Å². The summed E-state index contributed by atoms with van der Waals surface area (Å²) in [5, 5.41) is 22.9. The largest absolute Gasteiger partial charge is 0.524 e. The number of amides is 8. The number of carbonyl (C=O) groups excluding carboxylic acids is 8. The van der Waals surface area contributed by atoms with Gasteiger partial charge in [-0.15, -0.1) is 0 Å². The summed E-state index contributed by atoms with van der Waals surface area (Å²) in [5.41, 5.74) is 11.2. The van der Waals surface area contributed by atoms with E-state index >= 15 is 0 Å². The zero-order valence-corrected chi connectivity index (χ0v) is 34.3. The monoisotopic (exact) mass is 840 g/mol. The number of hydrogen-bond acceptors (Lipinski definition) is 11. The number of likely N-dealkylation sites (tertiary alicyclic amines) is 1. The third-order valence-corrected chi connectivity index (χ3v) is 9.54. The van der Waals surface area contributed by atoms with Gasteiger partial charge >= 0.3 is 7.82 Å². The minimum Gasteiger partial charge on any atom is -0.404 e. The molecule has 0 saturated carbocycles. The van der Waals surface area contributed by atoms with Crippen molar-refractivity contribution in [2.45, 2.75) is 122 Å². The number of hydrogen-bond donors (Lipinski definition) is 10. The second-order valence-corrected chi connectivity index (χ2v) is 16.2. The molecule has 1 heterocycles. The molecule has 8 amide bonds. The van der Waals surface area contributed by atoms with Gasteiger partial charge in [0.15, 0.2) is 0 Å². The Morgan fingerprint density at radius 1 is 0.828 bits per heavy atom. The molecular weight excluding hydrogens is 783 g/mol. The number of carbonyl (C=O) groups is 8. The van der Waals surface area contributed by atoms with E-state index in [4.69, 9.17) is 21.3 Å². The number of phosphoric ester groups is 1. The van der Waals surface area contributed by atoms with Gasteiger partial charge in [0.05, 0.1) is 6.10 Å². The number of nitrogens with two attached hydrogens (primary N) is 2. The van der Waals surface area contributed by atoms with Gasteiger partial charge < -0.3 is 52.6 Å². The first-order valence-electron chi connectivity index (χ1n) is 18.8. The molecule has 1 fully saturated rings. The van der Waals surface area contributed by atoms with Crippen LogP contribution in [0.3, 0.4) is 0 Å². The van der Waals surface area contributed by atoms with E-state index in [1.54, 1.807) is 13.8 Å². The Kier molecular flexibility index (Phi) is 18.7. The second-order valence-electron chi connectivity index (χ2n) is 15.0. The normalized spacial score (nSPS) is 17.2. The molecular formula is C36H57N8O13P. The highest BCUT2D eigenvalue weighted by atomic mass is 31.2. The van der Waals surface area contributed by atoms with Crippen molar-refractivity contribution in [3.63, 3.8) is 0 Å². The van der Waals surface area contributed by atoms with E-state index in [2.05, 4.69) is 31.1 Å². The van der Waals surface area contributed by atoms with Crippen molar-refractivity contribution >= 4 is 55.1 Å². The Morgan fingerprint density at radius 3 is 1.91 bits per heavy atom. The van der Waals surface area contributed by atoms with Crippen LogP contribution in [0.5, 0.6) is 5.75 Å². The number of benzene rings is 1. The highest BCUT2D eigenvalue weighted by molar-refractivity contribution is 7.46. The first-order valence-corrected chi connectivity index (χ1v) is 20.3. The molecule has 0 radical (unpaired) electrons. The van der Waals surface area contributed by atoms with Gasteiger partial charge in [-0.05, 0) is 62.1 Å². The van der Waals surface area contributed by atoms with Crippen LogP contribution in [0, 0.1) is 11.8 Å². The van der Waals surface area contributed by atoms with Crippen LogP contribution in [-0.2, 0) is 49.3 Å². The van der Waals surface area contributed by atoms with Crippen LogP contribution in [0.15, 0.2) is 24.3 Å². The van der Waals surface area contributed by atoms with Crippen LogP contribution >= 0.6 is 7.82 Å². The number of phosphoric acid groups is 1. The van der Waals surface area contributed by atoms with Crippen LogP contribution in [0.1, 0.15) is 79.2 Å². The van der Waals surface area contributed by atoms with E-state index in [-0.39, 0.29) is 50.3 Å². The molecule has 22 heteroatoms. The number of aliphatic hydroxyl groups excluding tert-OH is 1. The number of primary amides is 2. The highest BCUT2D eigenvalue weighted by Gasteiger charge is 2.40. The van der Waals surface area contributed by atoms with Crippen molar-refractivity contribution in [1.29, 1.82) is 0 Å². The van der Waals surface area contributed by atoms with Crippen LogP contribution in [-0.4, -0.2) is 116 Å². The van der Waals surface area contributed by atoms with E-state index in [9.17, 15) is 48.0 Å². The third kappa shape index (κ3) is 16.0. The summed E-state index contributed by atoms with van der Waals surface area (Å²) in [5.74, 6) is -6.89. The van der Waals surface area contributed by atoms with Gasteiger partial charge in [0.25, 0.3) is 0 Å². The van der Waals surface area contributed by atoms with Gasteiger partial charge in [-0.2, -0.15) is 0 Å². The Morgan fingerprint density at radius 2 is 1.41 bits per heavy atom. The molecule has 0 spiro atoms. The molecule has 12 N–H and O–H groups in total. The molecule has 1 aromatic rings. The smallest absolute Gasteiger partial charge is 0.404 e. The van der Waals surface area contributed by atoms with Crippen molar-refractivity contribution in [1.82, 2.24) is 31.5 Å². The summed E-state index contributed by atoms with van der Waals surface area (Å²) < 4.78 is 15.7. The van der Waals surface area contributed by atoms with E-state index in [0.29, 0.717) is 12.0 Å². The first kappa shape index (κ1) is 49.0. The predicted molar refractivity (Wildman–Crippen MR) is 206 cm³/mol. The lowest BCUT2D eigenvalue weighted by Crippen LogP contribution is -2.61. The molecule has 2 rings (SSSR count). The van der Waals surface area contributed by atoms with Crippen molar-refractivity contribution < 1.29 is 62.3 Å². The summed E-state index contributed by atoms with van der Waals surface area (Å²) in [6.07, 6.45) is -1.55. The Bertz CT molecular complexity index is 1700. The molecule has 1 unspecified atom stereocenters. The lowest BCUT2D eigenvalue weighted by molar-refractivity contribution is -0.143. The second kappa shape index (κ2) is 22.2. The van der Waals surface area contributed by atoms with Crippen molar-refractivity contribution in [3.8, 4) is 5.75 Å². The third-order valence-electron chi connectivity index (χ3n) is 9.09. The minimum atomic E-state index is -4.81. The number of nitrogens with one attached hydrogen (secondary N) is 5. The molecule has 324 valence electrons. The summed E-state index contributed by atoms with van der Waals surface area (Å²) in [7, 11) is -4.81. The SMILES string of the molecule is CC(=O)N[C@@H](Cc1ccc(OP(=O)(O)O)cc1)C(=O)N[C@@H](CC(C)C)C(=O)N1CCC[C@H]1C(=O)N[C@@H](CCC(N)=O)C(=O)N[C@H](C(=O)N[C@H](C(N)=O)C(C)C)C(C)O. The molecule has 1 saturated heterocycles. The Balaban J connectivity index is 2.30. The molecule has 0 aliphatic carbocycles. The van der Waals surface area contributed by atoms with E-state index in [1.165, 1.54) is 43.0 Å². The van der Waals surface area contributed by atoms with Gasteiger partial charge in [-0.1, -0.05) is 39.8 Å². The average molecular weight is 841 g/mol. The molecule has 1 aromatic carbocycles. The van der Waals surface area contributed by atoms with Crippen LogP contribution in [0.4, 0.5) is 0 Å². The lowest BCUT2D eigenvalue weighted by atomic mass is 10.00. The summed E-state index contributed by atoms with van der Waals surface area (Å²) in [6.45, 7) is 9.40. The van der Waals surface area contributed by atoms with Crippen molar-refractivity contribution in [3.05, 3.63) is 29.8 Å². The zero-order valence-electron chi connectivity index (χ0n) is 33.4. The molecule has 58 heavy (non-hydrogen) atoms. The fourth-order valence-corrected chi connectivity index (χ4v) is 6.67.